The molecule has 3 N–H and O–H groups in total. The molecule has 2 aromatic carbocycles. The van der Waals surface area contributed by atoms with Gasteiger partial charge in [-0.2, -0.15) is 5.10 Å². The highest BCUT2D eigenvalue weighted by Crippen LogP contribution is 2.23. The Hall–Kier alpha value is -2.66. The average Bonchev–Trinajstić information content (AvgIpc) is 3.04. The molecule has 1 aliphatic rings. The molecule has 2 aromatic rings. The van der Waals surface area contributed by atoms with Crippen LogP contribution in [-0.2, 0) is 4.79 Å². The zero-order chi connectivity index (χ0) is 16.9. The second-order valence-electron chi connectivity index (χ2n) is 6.03. The van der Waals surface area contributed by atoms with E-state index in [9.17, 15) is 4.79 Å². The van der Waals surface area contributed by atoms with Gasteiger partial charge < -0.3 is 10.1 Å². The summed E-state index contributed by atoms with van der Waals surface area (Å²) in [5.41, 5.74) is 5.11. The molecule has 0 saturated heterocycles. The van der Waals surface area contributed by atoms with Gasteiger partial charge in [0.15, 0.2) is 11.9 Å². The minimum Gasteiger partial charge on any atom is -0.457 e. The van der Waals surface area contributed by atoms with E-state index >= 15 is 0 Å². The smallest absolute Gasteiger partial charge is 0.186 e. The molecule has 0 saturated carbocycles. The maximum atomic E-state index is 11.4. The van der Waals surface area contributed by atoms with Crippen LogP contribution in [0.25, 0.3) is 0 Å². The summed E-state index contributed by atoms with van der Waals surface area (Å²) in [6, 6.07) is 17.5. The molecule has 2 atom stereocenters. The lowest BCUT2D eigenvalue weighted by molar-refractivity contribution is -0.709. The first kappa shape index (κ1) is 16.2. The third kappa shape index (κ3) is 4.00. The van der Waals surface area contributed by atoms with Gasteiger partial charge in [-0.15, -0.1) is 0 Å². The Balaban J connectivity index is 1.66. The summed E-state index contributed by atoms with van der Waals surface area (Å²) >= 11 is 0. The number of nitrogens with two attached hydrogens (primary N) is 1. The number of hydrogen-bond donors (Lipinski definition) is 2. The molecular weight excluding hydrogens is 302 g/mol. The number of Topliss-reactive ketones (excluding diaryl/α,β-unsaturated/α-hetero) is 1. The molecule has 3 rings (SSSR count). The lowest BCUT2D eigenvalue weighted by atomic mass is 10.1. The number of rotatable bonds is 6. The molecule has 24 heavy (non-hydrogen) atoms. The van der Waals surface area contributed by atoms with E-state index in [0.717, 1.165) is 29.2 Å². The fraction of sp³-hybridized carbons (Fsp3) is 0.263. The van der Waals surface area contributed by atoms with E-state index in [0.29, 0.717) is 0 Å². The van der Waals surface area contributed by atoms with Crippen molar-refractivity contribution >= 4 is 11.5 Å². The van der Waals surface area contributed by atoms with Crippen LogP contribution in [0.3, 0.4) is 0 Å². The first-order valence-corrected chi connectivity index (χ1v) is 8.12. The third-order valence-corrected chi connectivity index (χ3v) is 4.09. The molecule has 0 bridgehead atoms. The van der Waals surface area contributed by atoms with E-state index in [1.807, 2.05) is 66.8 Å². The molecule has 0 unspecified atom stereocenters. The molecule has 124 valence electrons. The van der Waals surface area contributed by atoms with Crippen LogP contribution in [0.4, 0.5) is 0 Å². The molecule has 0 radical (unpaired) electrons. The highest BCUT2D eigenvalue weighted by atomic mass is 16.5. The fourth-order valence-corrected chi connectivity index (χ4v) is 2.60. The second-order valence-corrected chi connectivity index (χ2v) is 6.03. The summed E-state index contributed by atoms with van der Waals surface area (Å²) in [5, 5.41) is 6.43. The summed E-state index contributed by atoms with van der Waals surface area (Å²) in [4.78, 5) is 11.4. The first-order valence-electron chi connectivity index (χ1n) is 8.12. The van der Waals surface area contributed by atoms with Crippen LogP contribution >= 0.6 is 0 Å². The minimum atomic E-state index is -0.0650. The lowest BCUT2D eigenvalue weighted by Gasteiger charge is -2.13. The largest absolute Gasteiger partial charge is 0.457 e. The summed E-state index contributed by atoms with van der Waals surface area (Å²) in [7, 11) is 0. The molecule has 1 aliphatic heterocycles. The van der Waals surface area contributed by atoms with Gasteiger partial charge in [0.05, 0.1) is 12.1 Å². The SMILES string of the molecule is CC(=O)[C@H](C)[NH2+][C@H]1CC(c2cccc(Oc3ccccc3)c2)=NN1. The molecule has 1 heterocycles. The number of hydrazone groups is 1. The first-order chi connectivity index (χ1) is 11.6. The Morgan fingerprint density at radius 3 is 2.71 bits per heavy atom. The monoisotopic (exact) mass is 324 g/mol. The van der Waals surface area contributed by atoms with Crippen molar-refractivity contribution in [3.63, 3.8) is 0 Å². The van der Waals surface area contributed by atoms with Gasteiger partial charge in [0.2, 0.25) is 0 Å². The van der Waals surface area contributed by atoms with Crippen LogP contribution < -0.4 is 15.5 Å². The van der Waals surface area contributed by atoms with Crippen LogP contribution in [0.5, 0.6) is 11.5 Å². The predicted molar refractivity (Wildman–Crippen MR) is 93.1 cm³/mol. The normalized spacial score (nSPS) is 17.8. The van der Waals surface area contributed by atoms with Gasteiger partial charge in [0, 0.05) is 12.5 Å². The van der Waals surface area contributed by atoms with Crippen molar-refractivity contribution < 1.29 is 14.8 Å². The number of ketones is 1. The van der Waals surface area contributed by atoms with E-state index in [1.165, 1.54) is 0 Å². The zero-order valence-electron chi connectivity index (χ0n) is 13.9. The lowest BCUT2D eigenvalue weighted by Crippen LogP contribution is -2.97. The molecule has 0 aromatic heterocycles. The van der Waals surface area contributed by atoms with Crippen molar-refractivity contribution in [2.24, 2.45) is 5.10 Å². The van der Waals surface area contributed by atoms with Crippen molar-refractivity contribution in [1.82, 2.24) is 5.43 Å². The topological polar surface area (TPSA) is 67.3 Å². The van der Waals surface area contributed by atoms with Crippen LogP contribution in [0.15, 0.2) is 59.7 Å². The van der Waals surface area contributed by atoms with Gasteiger partial charge >= 0.3 is 0 Å². The molecule has 0 spiro atoms. The van der Waals surface area contributed by atoms with Crippen LogP contribution in [0.2, 0.25) is 0 Å². The minimum absolute atomic E-state index is 0.0650. The van der Waals surface area contributed by atoms with Gasteiger partial charge in [-0.1, -0.05) is 30.3 Å². The number of benzene rings is 2. The molecule has 0 fully saturated rings. The average molecular weight is 324 g/mol. The van der Waals surface area contributed by atoms with Crippen LogP contribution in [0.1, 0.15) is 25.8 Å². The van der Waals surface area contributed by atoms with Gasteiger partial charge in [0.25, 0.3) is 0 Å². The maximum Gasteiger partial charge on any atom is 0.186 e. The number of para-hydroxylation sites is 1. The van der Waals surface area contributed by atoms with Gasteiger partial charge in [-0.05, 0) is 31.2 Å². The zero-order valence-corrected chi connectivity index (χ0v) is 13.9. The van der Waals surface area contributed by atoms with E-state index in [2.05, 4.69) is 10.5 Å². The van der Waals surface area contributed by atoms with Gasteiger partial charge in [-0.25, -0.2) is 0 Å². The van der Waals surface area contributed by atoms with E-state index in [-0.39, 0.29) is 18.0 Å². The Kier molecular flexibility index (Phi) is 4.91. The second kappa shape index (κ2) is 7.27. The van der Waals surface area contributed by atoms with E-state index in [4.69, 9.17) is 4.74 Å². The summed E-state index contributed by atoms with van der Waals surface area (Å²) in [6.07, 6.45) is 0.865. The highest BCUT2D eigenvalue weighted by Gasteiger charge is 2.25. The van der Waals surface area contributed by atoms with Crippen LogP contribution in [0, 0.1) is 0 Å². The van der Waals surface area contributed by atoms with Crippen molar-refractivity contribution in [2.75, 3.05) is 0 Å². The van der Waals surface area contributed by atoms with Gasteiger partial charge in [-0.3, -0.25) is 10.2 Å². The maximum absolute atomic E-state index is 11.4. The molecule has 5 nitrogen and oxygen atoms in total. The predicted octanol–water partition coefficient (Wildman–Crippen LogP) is 2.04. The molecule has 0 amide bonds. The standard InChI is InChI=1S/C19H21N3O2/c1-13(14(2)23)20-19-12-18(21-22-19)15-7-6-10-17(11-15)24-16-8-4-3-5-9-16/h3-11,13,19-20,22H,12H2,1-2H3/p+1/t13-,19+/m0/s1. The molecule has 5 heteroatoms. The number of carbonyl (C=O) groups is 1. The van der Waals surface area contributed by atoms with Crippen molar-refractivity contribution in [2.45, 2.75) is 32.5 Å². The fourth-order valence-electron chi connectivity index (χ4n) is 2.60. The summed E-state index contributed by atoms with van der Waals surface area (Å²) < 4.78 is 5.87. The number of ether oxygens (including phenoxy) is 1. The molecular formula is C19H22N3O2+. The van der Waals surface area contributed by atoms with Crippen molar-refractivity contribution in [3.8, 4) is 11.5 Å². The van der Waals surface area contributed by atoms with E-state index in [1.54, 1.807) is 6.92 Å². The van der Waals surface area contributed by atoms with Gasteiger partial charge in [0.1, 0.15) is 17.5 Å². The Bertz CT molecular complexity index is 743. The number of hydrogen-bond acceptors (Lipinski definition) is 4. The third-order valence-electron chi connectivity index (χ3n) is 4.09. The highest BCUT2D eigenvalue weighted by molar-refractivity contribution is 6.01. The number of carbonyl (C=O) groups excluding carboxylic acids is 1. The Labute approximate surface area is 141 Å². The van der Waals surface area contributed by atoms with E-state index < -0.39 is 0 Å². The number of quaternary nitrogens is 1. The Morgan fingerprint density at radius 1 is 1.21 bits per heavy atom. The molecule has 0 aliphatic carbocycles. The van der Waals surface area contributed by atoms with Crippen molar-refractivity contribution in [3.05, 3.63) is 60.2 Å². The quantitative estimate of drug-likeness (QED) is 0.854. The Morgan fingerprint density at radius 2 is 1.96 bits per heavy atom. The summed E-state index contributed by atoms with van der Waals surface area (Å²) in [6.45, 7) is 3.53. The number of nitrogens with one attached hydrogen (secondary N) is 1. The number of nitrogens with zero attached hydrogens (tertiary/aromatic N) is 1. The van der Waals surface area contributed by atoms with Crippen molar-refractivity contribution in [1.29, 1.82) is 0 Å². The van der Waals surface area contributed by atoms with Crippen LogP contribution in [-0.4, -0.2) is 23.7 Å². The summed E-state index contributed by atoms with van der Waals surface area (Å²) in [5.74, 6) is 1.76.